The van der Waals surface area contributed by atoms with Gasteiger partial charge in [0.15, 0.2) is 0 Å². The Kier molecular flexibility index (Phi) is 3.42. The number of benzene rings is 2. The van der Waals surface area contributed by atoms with Gasteiger partial charge in [-0.15, -0.1) is 0 Å². The topological polar surface area (TPSA) is 49.9 Å². The maximum absolute atomic E-state index is 13.6. The van der Waals surface area contributed by atoms with Crippen molar-refractivity contribution >= 4 is 5.84 Å². The molecule has 0 amide bonds. The van der Waals surface area contributed by atoms with Crippen LogP contribution in [0.1, 0.15) is 22.3 Å². The van der Waals surface area contributed by atoms with Crippen molar-refractivity contribution in [3.63, 3.8) is 0 Å². The number of nitrogens with two attached hydrogens (primary N) is 1. The summed E-state index contributed by atoms with van der Waals surface area (Å²) in [6.07, 6.45) is 0.408. The van der Waals surface area contributed by atoms with E-state index in [4.69, 9.17) is 11.1 Å². The fourth-order valence-corrected chi connectivity index (χ4v) is 1.99. The minimum atomic E-state index is -0.249. The van der Waals surface area contributed by atoms with Gasteiger partial charge in [0.25, 0.3) is 0 Å². The van der Waals surface area contributed by atoms with Gasteiger partial charge in [-0.1, -0.05) is 36.4 Å². The second-order valence-corrected chi connectivity index (χ2v) is 4.13. The van der Waals surface area contributed by atoms with Crippen molar-refractivity contribution in [1.82, 2.24) is 0 Å². The van der Waals surface area contributed by atoms with Crippen LogP contribution in [0.15, 0.2) is 42.5 Å². The van der Waals surface area contributed by atoms with E-state index in [0.29, 0.717) is 23.1 Å². The fraction of sp³-hybridized carbons (Fsp3) is 0.0667. The molecule has 0 fully saturated rings. The molecule has 2 aromatic carbocycles. The van der Waals surface area contributed by atoms with E-state index in [2.05, 4.69) is 6.92 Å². The van der Waals surface area contributed by atoms with Crippen LogP contribution < -0.4 is 5.73 Å². The number of hydrogen-bond donors (Lipinski definition) is 2. The Morgan fingerprint density at radius 2 is 1.78 bits per heavy atom. The molecule has 3 N–H and O–H groups in total. The third kappa shape index (κ3) is 2.40. The van der Waals surface area contributed by atoms with E-state index >= 15 is 0 Å². The van der Waals surface area contributed by atoms with Gasteiger partial charge in [-0.05, 0) is 29.7 Å². The van der Waals surface area contributed by atoms with Crippen molar-refractivity contribution in [1.29, 1.82) is 5.41 Å². The van der Waals surface area contributed by atoms with E-state index in [9.17, 15) is 4.39 Å². The average molecular weight is 241 g/mol. The summed E-state index contributed by atoms with van der Waals surface area (Å²) in [6, 6.07) is 12.1. The Morgan fingerprint density at radius 1 is 1.11 bits per heavy atom. The van der Waals surface area contributed by atoms with Crippen molar-refractivity contribution in [3.05, 3.63) is 77.5 Å². The van der Waals surface area contributed by atoms with Crippen LogP contribution >= 0.6 is 0 Å². The maximum atomic E-state index is 13.6. The van der Waals surface area contributed by atoms with Crippen LogP contribution in [0.3, 0.4) is 0 Å². The summed E-state index contributed by atoms with van der Waals surface area (Å²) in [5.74, 6) is -0.284. The van der Waals surface area contributed by atoms with Crippen LogP contribution in [0.5, 0.6) is 0 Å². The van der Waals surface area contributed by atoms with Crippen LogP contribution in [-0.4, -0.2) is 5.84 Å². The molecule has 3 heteroatoms. The molecule has 0 unspecified atom stereocenters. The van der Waals surface area contributed by atoms with Crippen LogP contribution in [0.2, 0.25) is 0 Å². The van der Waals surface area contributed by atoms with Crippen LogP contribution in [-0.2, 0) is 6.42 Å². The zero-order valence-corrected chi connectivity index (χ0v) is 9.91. The molecule has 2 aromatic rings. The smallest absolute Gasteiger partial charge is 0.126 e. The first kappa shape index (κ1) is 12.3. The summed E-state index contributed by atoms with van der Waals surface area (Å²) < 4.78 is 13.6. The van der Waals surface area contributed by atoms with Gasteiger partial charge >= 0.3 is 0 Å². The molecular formula is C15H14FN2. The van der Waals surface area contributed by atoms with Crippen molar-refractivity contribution in [2.45, 2.75) is 6.42 Å². The predicted molar refractivity (Wildman–Crippen MR) is 71.1 cm³/mol. The van der Waals surface area contributed by atoms with E-state index in [1.165, 1.54) is 6.07 Å². The van der Waals surface area contributed by atoms with Crippen molar-refractivity contribution in [2.75, 3.05) is 0 Å². The summed E-state index contributed by atoms with van der Waals surface area (Å²) in [5.41, 5.74) is 8.25. The highest BCUT2D eigenvalue weighted by Crippen LogP contribution is 2.19. The van der Waals surface area contributed by atoms with E-state index in [1.54, 1.807) is 24.3 Å². The van der Waals surface area contributed by atoms with Gasteiger partial charge in [0.2, 0.25) is 0 Å². The molecule has 0 aliphatic rings. The molecule has 0 saturated heterocycles. The predicted octanol–water partition coefficient (Wildman–Crippen LogP) is 2.88. The molecule has 0 heterocycles. The number of halogens is 1. The molecule has 0 bridgehead atoms. The second kappa shape index (κ2) is 5.00. The van der Waals surface area contributed by atoms with E-state index in [-0.39, 0.29) is 11.7 Å². The number of nitrogen functional groups attached to an aromatic ring is 1. The monoisotopic (exact) mass is 241 g/mol. The van der Waals surface area contributed by atoms with E-state index < -0.39 is 0 Å². The third-order valence-corrected chi connectivity index (χ3v) is 2.85. The number of amidine groups is 1. The number of hydrogen-bond acceptors (Lipinski definition) is 1. The van der Waals surface area contributed by atoms with Crippen molar-refractivity contribution < 1.29 is 4.39 Å². The van der Waals surface area contributed by atoms with Crippen LogP contribution in [0.25, 0.3) is 0 Å². The standard InChI is InChI=1S/C15H14FN2/c1-10-5-4-7-12(14(10)15(17)18)9-11-6-2-3-8-13(11)16/h2-8H,1,9H2,(H3,17,18). The zero-order valence-electron chi connectivity index (χ0n) is 9.91. The van der Waals surface area contributed by atoms with Gasteiger partial charge in [-0.25, -0.2) is 4.39 Å². The highest BCUT2D eigenvalue weighted by molar-refractivity contribution is 5.98. The molecule has 0 aromatic heterocycles. The molecule has 1 radical (unpaired) electrons. The highest BCUT2D eigenvalue weighted by Gasteiger charge is 2.10. The lowest BCUT2D eigenvalue weighted by Crippen LogP contribution is -2.16. The van der Waals surface area contributed by atoms with Crippen molar-refractivity contribution in [3.8, 4) is 0 Å². The summed E-state index contributed by atoms with van der Waals surface area (Å²) >= 11 is 0. The Morgan fingerprint density at radius 3 is 2.44 bits per heavy atom. The largest absolute Gasteiger partial charge is 0.384 e. The van der Waals surface area contributed by atoms with E-state index in [1.807, 2.05) is 12.1 Å². The molecule has 0 aliphatic carbocycles. The van der Waals surface area contributed by atoms with Gasteiger partial charge in [0.1, 0.15) is 11.7 Å². The Balaban J connectivity index is 2.44. The summed E-state index contributed by atoms with van der Waals surface area (Å²) in [5, 5.41) is 7.58. The van der Waals surface area contributed by atoms with Gasteiger partial charge in [0.05, 0.1) is 0 Å². The Bertz CT molecular complexity index is 591. The lowest BCUT2D eigenvalue weighted by atomic mass is 9.95. The molecule has 18 heavy (non-hydrogen) atoms. The maximum Gasteiger partial charge on any atom is 0.126 e. The minimum Gasteiger partial charge on any atom is -0.384 e. The van der Waals surface area contributed by atoms with Crippen LogP contribution in [0.4, 0.5) is 4.39 Å². The zero-order chi connectivity index (χ0) is 13.1. The van der Waals surface area contributed by atoms with Crippen LogP contribution in [0, 0.1) is 18.2 Å². The molecule has 0 aliphatic heterocycles. The lowest BCUT2D eigenvalue weighted by Gasteiger charge is -2.11. The Labute approximate surface area is 106 Å². The number of nitrogens with one attached hydrogen (secondary N) is 1. The second-order valence-electron chi connectivity index (χ2n) is 4.13. The normalized spacial score (nSPS) is 10.3. The van der Waals surface area contributed by atoms with Gasteiger partial charge in [-0.2, -0.15) is 0 Å². The fourth-order valence-electron chi connectivity index (χ4n) is 1.99. The van der Waals surface area contributed by atoms with Gasteiger partial charge in [0, 0.05) is 12.0 Å². The first-order valence-corrected chi connectivity index (χ1v) is 5.61. The molecular weight excluding hydrogens is 227 g/mol. The highest BCUT2D eigenvalue weighted by atomic mass is 19.1. The quantitative estimate of drug-likeness (QED) is 0.630. The molecule has 0 spiro atoms. The molecule has 2 rings (SSSR count). The van der Waals surface area contributed by atoms with Crippen molar-refractivity contribution in [2.24, 2.45) is 5.73 Å². The molecule has 0 atom stereocenters. The molecule has 91 valence electrons. The Hall–Kier alpha value is -2.16. The van der Waals surface area contributed by atoms with E-state index in [0.717, 1.165) is 5.56 Å². The SMILES string of the molecule is [CH2]c1cccc(Cc2ccccc2F)c1C(=N)N. The van der Waals surface area contributed by atoms with Gasteiger partial charge in [-0.3, -0.25) is 5.41 Å². The molecule has 0 saturated carbocycles. The number of rotatable bonds is 3. The third-order valence-electron chi connectivity index (χ3n) is 2.85. The first-order valence-electron chi connectivity index (χ1n) is 5.61. The summed E-state index contributed by atoms with van der Waals surface area (Å²) in [4.78, 5) is 0. The lowest BCUT2D eigenvalue weighted by molar-refractivity contribution is 0.614. The summed E-state index contributed by atoms with van der Waals surface area (Å²) in [7, 11) is 0. The average Bonchev–Trinajstić information content (AvgIpc) is 2.31. The minimum absolute atomic E-state index is 0.0352. The summed E-state index contributed by atoms with van der Waals surface area (Å²) in [6.45, 7) is 3.85. The molecule has 2 nitrogen and oxygen atoms in total. The first-order chi connectivity index (χ1) is 8.59. The van der Waals surface area contributed by atoms with Gasteiger partial charge < -0.3 is 5.73 Å².